The van der Waals surface area contributed by atoms with Gasteiger partial charge in [-0.05, 0) is 37.6 Å². The first-order valence-corrected chi connectivity index (χ1v) is 11.1. The predicted octanol–water partition coefficient (Wildman–Crippen LogP) is 4.27. The summed E-state index contributed by atoms with van der Waals surface area (Å²) in [5.74, 6) is 0.670. The van der Waals surface area contributed by atoms with Crippen LogP contribution in [0.15, 0.2) is 51.7 Å². The highest BCUT2D eigenvalue weighted by atomic mass is 16.5. The molecule has 0 N–H and O–H groups in total. The van der Waals surface area contributed by atoms with E-state index in [1.807, 2.05) is 57.1 Å². The lowest BCUT2D eigenvalue weighted by molar-refractivity contribution is -0.131. The Morgan fingerprint density at radius 2 is 1.61 bits per heavy atom. The van der Waals surface area contributed by atoms with Crippen molar-refractivity contribution in [3.05, 3.63) is 64.0 Å². The van der Waals surface area contributed by atoms with Gasteiger partial charge >= 0.3 is 5.63 Å². The summed E-state index contributed by atoms with van der Waals surface area (Å²) in [5, 5.41) is 0.651. The molecule has 0 bridgehead atoms. The Kier molecular flexibility index (Phi) is 7.63. The molecule has 0 fully saturated rings. The monoisotopic (exact) mass is 452 g/mol. The molecule has 176 valence electrons. The molecule has 1 amide bonds. The Balaban J connectivity index is 2.28. The summed E-state index contributed by atoms with van der Waals surface area (Å²) in [6.07, 6.45) is 0.208. The van der Waals surface area contributed by atoms with E-state index in [0.29, 0.717) is 41.1 Å². The van der Waals surface area contributed by atoms with E-state index in [-0.39, 0.29) is 18.2 Å². The average Bonchev–Trinajstić information content (AvgIpc) is 2.82. The maximum Gasteiger partial charge on any atom is 0.336 e. The molecule has 2 aromatic carbocycles. The van der Waals surface area contributed by atoms with E-state index in [2.05, 4.69) is 0 Å². The molecule has 33 heavy (non-hydrogen) atoms. The fourth-order valence-electron chi connectivity index (χ4n) is 4.14. The van der Waals surface area contributed by atoms with Gasteiger partial charge in [0.2, 0.25) is 5.91 Å². The summed E-state index contributed by atoms with van der Waals surface area (Å²) in [6, 6.07) is 12.9. The quantitative estimate of drug-likeness (QED) is 0.452. The number of nitrogens with zero attached hydrogens (tertiary/aromatic N) is 2. The molecule has 1 aromatic heterocycles. The molecule has 1 atom stereocenters. The molecule has 0 aliphatic carbocycles. The van der Waals surface area contributed by atoms with Crippen LogP contribution in [-0.2, 0) is 4.79 Å². The highest BCUT2D eigenvalue weighted by Gasteiger charge is 2.28. The van der Waals surface area contributed by atoms with Crippen molar-refractivity contribution in [3.63, 3.8) is 0 Å². The van der Waals surface area contributed by atoms with E-state index in [9.17, 15) is 9.59 Å². The third-order valence-corrected chi connectivity index (χ3v) is 5.97. The molecule has 0 saturated heterocycles. The molecule has 7 nitrogen and oxygen atoms in total. The number of fused-ring (bicyclic) bond motifs is 1. The Morgan fingerprint density at radius 1 is 0.970 bits per heavy atom. The molecule has 0 radical (unpaired) electrons. The van der Waals surface area contributed by atoms with Crippen LogP contribution in [0.3, 0.4) is 0 Å². The molecule has 0 unspecified atom stereocenters. The Hall–Kier alpha value is -3.48. The van der Waals surface area contributed by atoms with Crippen LogP contribution in [0.5, 0.6) is 11.5 Å². The molecule has 3 rings (SSSR count). The second-order valence-corrected chi connectivity index (χ2v) is 8.00. The van der Waals surface area contributed by atoms with E-state index >= 15 is 0 Å². The summed E-state index contributed by atoms with van der Waals surface area (Å²) in [4.78, 5) is 29.2. The fraction of sp³-hybridized carbons (Fsp3) is 0.385. The van der Waals surface area contributed by atoms with E-state index in [1.54, 1.807) is 31.3 Å². The molecule has 1 heterocycles. The summed E-state index contributed by atoms with van der Waals surface area (Å²) >= 11 is 0. The average molecular weight is 453 g/mol. The minimum atomic E-state index is -0.476. The predicted molar refractivity (Wildman–Crippen MR) is 131 cm³/mol. The first-order chi connectivity index (χ1) is 15.8. The van der Waals surface area contributed by atoms with Crippen molar-refractivity contribution < 1.29 is 18.7 Å². The third kappa shape index (κ3) is 4.97. The minimum absolute atomic E-state index is 0.0194. The number of carbonyl (C=O) groups is 1. The smallest absolute Gasteiger partial charge is 0.336 e. The SMILES string of the molecule is CCN(CC)C(=O)C[C@H](c1ccc(N(C)C)cc1)c1c(OC)cc(OC)c2ccc(=O)oc12. The molecule has 0 aliphatic heterocycles. The van der Waals surface area contributed by atoms with Gasteiger partial charge in [-0.2, -0.15) is 0 Å². The van der Waals surface area contributed by atoms with Gasteiger partial charge in [0, 0.05) is 62.9 Å². The second-order valence-electron chi connectivity index (χ2n) is 8.00. The summed E-state index contributed by atoms with van der Waals surface area (Å²) < 4.78 is 16.9. The minimum Gasteiger partial charge on any atom is -0.496 e. The molecule has 3 aromatic rings. The van der Waals surface area contributed by atoms with Gasteiger partial charge < -0.3 is 23.7 Å². The van der Waals surface area contributed by atoms with Crippen LogP contribution in [0.2, 0.25) is 0 Å². The van der Waals surface area contributed by atoms with Gasteiger partial charge in [-0.3, -0.25) is 4.79 Å². The number of methoxy groups -OCH3 is 2. The number of hydrogen-bond acceptors (Lipinski definition) is 6. The van der Waals surface area contributed by atoms with Crippen molar-refractivity contribution >= 4 is 22.6 Å². The number of benzene rings is 2. The lowest BCUT2D eigenvalue weighted by Crippen LogP contribution is -2.31. The van der Waals surface area contributed by atoms with Gasteiger partial charge in [0.05, 0.1) is 19.6 Å². The fourth-order valence-corrected chi connectivity index (χ4v) is 4.14. The van der Waals surface area contributed by atoms with Crippen LogP contribution in [0.1, 0.15) is 37.3 Å². The molecule has 0 saturated carbocycles. The molecular formula is C26H32N2O5. The Bertz CT molecular complexity index is 1160. The van der Waals surface area contributed by atoms with Crippen LogP contribution in [0, 0.1) is 0 Å². The zero-order valence-corrected chi connectivity index (χ0v) is 20.2. The summed E-state index contributed by atoms with van der Waals surface area (Å²) in [5.41, 5.74) is 2.52. The Labute approximate surface area is 194 Å². The highest BCUT2D eigenvalue weighted by molar-refractivity contribution is 5.90. The largest absolute Gasteiger partial charge is 0.496 e. The first kappa shape index (κ1) is 24.2. The van der Waals surface area contributed by atoms with Gasteiger partial charge in [-0.15, -0.1) is 0 Å². The van der Waals surface area contributed by atoms with Gasteiger partial charge in [0.25, 0.3) is 0 Å². The standard InChI is InChI=1S/C26H32N2O5/c1-7-28(8-2)23(29)15-20(17-9-11-18(12-10-17)27(3)4)25-22(32-6)16-21(31-5)19-13-14-24(30)33-26(19)25/h9-14,16,20H,7-8,15H2,1-6H3/t20-/m1/s1. The zero-order valence-electron chi connectivity index (χ0n) is 20.2. The van der Waals surface area contributed by atoms with Crippen molar-refractivity contribution in [2.24, 2.45) is 0 Å². The molecule has 0 aliphatic rings. The van der Waals surface area contributed by atoms with E-state index in [1.165, 1.54) is 6.07 Å². The van der Waals surface area contributed by atoms with E-state index in [0.717, 1.165) is 11.3 Å². The number of hydrogen-bond donors (Lipinski definition) is 0. The van der Waals surface area contributed by atoms with Crippen LogP contribution in [-0.4, -0.2) is 52.2 Å². The maximum absolute atomic E-state index is 13.2. The van der Waals surface area contributed by atoms with Crippen LogP contribution >= 0.6 is 0 Å². The van der Waals surface area contributed by atoms with E-state index < -0.39 is 5.63 Å². The zero-order chi connectivity index (χ0) is 24.1. The first-order valence-electron chi connectivity index (χ1n) is 11.1. The molecular weight excluding hydrogens is 420 g/mol. The van der Waals surface area contributed by atoms with Crippen LogP contribution in [0.4, 0.5) is 5.69 Å². The van der Waals surface area contributed by atoms with Crippen molar-refractivity contribution in [2.45, 2.75) is 26.2 Å². The van der Waals surface area contributed by atoms with E-state index in [4.69, 9.17) is 13.9 Å². The third-order valence-electron chi connectivity index (χ3n) is 5.97. The van der Waals surface area contributed by atoms with Crippen molar-refractivity contribution in [1.29, 1.82) is 0 Å². The topological polar surface area (TPSA) is 72.2 Å². The van der Waals surface area contributed by atoms with Gasteiger partial charge in [0.1, 0.15) is 17.1 Å². The lowest BCUT2D eigenvalue weighted by Gasteiger charge is -2.26. The number of amides is 1. The maximum atomic E-state index is 13.2. The van der Waals surface area contributed by atoms with Crippen molar-refractivity contribution in [1.82, 2.24) is 4.90 Å². The van der Waals surface area contributed by atoms with Crippen molar-refractivity contribution in [2.75, 3.05) is 46.3 Å². The van der Waals surface area contributed by atoms with Gasteiger partial charge in [-0.25, -0.2) is 4.79 Å². The lowest BCUT2D eigenvalue weighted by atomic mass is 9.86. The van der Waals surface area contributed by atoms with Crippen LogP contribution < -0.4 is 20.0 Å². The number of carbonyl (C=O) groups excluding carboxylic acids is 1. The Morgan fingerprint density at radius 3 is 2.15 bits per heavy atom. The second kappa shape index (κ2) is 10.4. The molecule has 7 heteroatoms. The number of rotatable bonds is 9. The van der Waals surface area contributed by atoms with Gasteiger partial charge in [0.15, 0.2) is 0 Å². The highest BCUT2D eigenvalue weighted by Crippen LogP contribution is 2.43. The normalized spacial score (nSPS) is 11.8. The van der Waals surface area contributed by atoms with Crippen LogP contribution in [0.25, 0.3) is 11.0 Å². The molecule has 0 spiro atoms. The van der Waals surface area contributed by atoms with Gasteiger partial charge in [-0.1, -0.05) is 12.1 Å². The number of ether oxygens (including phenoxy) is 2. The van der Waals surface area contributed by atoms with Crippen molar-refractivity contribution in [3.8, 4) is 11.5 Å². The number of anilines is 1. The summed E-state index contributed by atoms with van der Waals surface area (Å²) in [6.45, 7) is 5.17. The summed E-state index contributed by atoms with van der Waals surface area (Å²) in [7, 11) is 7.07.